The van der Waals surface area contributed by atoms with Crippen molar-refractivity contribution < 1.29 is 0 Å². The van der Waals surface area contributed by atoms with Gasteiger partial charge in [-0.05, 0) is 37.5 Å². The lowest BCUT2D eigenvalue weighted by atomic mass is 9.91. The summed E-state index contributed by atoms with van der Waals surface area (Å²) in [5, 5.41) is 12.5. The van der Waals surface area contributed by atoms with E-state index in [4.69, 9.17) is 0 Å². The number of nitrogens with one attached hydrogen (secondary N) is 1. The summed E-state index contributed by atoms with van der Waals surface area (Å²) >= 11 is 0. The minimum atomic E-state index is 0. The first-order valence-electron chi connectivity index (χ1n) is 7.03. The Balaban J connectivity index is 0.00000200. The number of piperazine rings is 1. The highest BCUT2D eigenvalue weighted by atomic mass is 35.5. The van der Waals surface area contributed by atoms with Gasteiger partial charge >= 0.3 is 0 Å². The van der Waals surface area contributed by atoms with Gasteiger partial charge in [0.15, 0.2) is 0 Å². The molecule has 1 aromatic rings. The van der Waals surface area contributed by atoms with Crippen LogP contribution in [0.3, 0.4) is 0 Å². The maximum Gasteiger partial charge on any atom is 0.0641 e. The first kappa shape index (κ1) is 20.2. The van der Waals surface area contributed by atoms with Crippen LogP contribution in [0.25, 0.3) is 0 Å². The van der Waals surface area contributed by atoms with E-state index in [1.807, 2.05) is 0 Å². The fraction of sp³-hybridized carbons (Fsp3) is 0.562. The van der Waals surface area contributed by atoms with Crippen LogP contribution in [0.15, 0.2) is 12.1 Å². The SMILES string of the molecule is Cc1cc(C)c([C@H](CC#N)N2CCNCC2)c(C)c1.Cl.Cl. The van der Waals surface area contributed by atoms with Gasteiger partial charge in [0.1, 0.15) is 0 Å². The molecule has 3 nitrogen and oxygen atoms in total. The standard InChI is InChI=1S/C16H23N3.2ClH/c1-12-10-13(2)16(14(3)11-12)15(4-5-17)19-8-6-18-7-9-19;;/h10-11,15,18H,4,6-9H2,1-3H3;2*1H/t15-;;/m0../s1. The Bertz CT molecular complexity index is 468. The van der Waals surface area contributed by atoms with E-state index in [-0.39, 0.29) is 30.9 Å². The lowest BCUT2D eigenvalue weighted by molar-refractivity contribution is 0.174. The number of aryl methyl sites for hydroxylation is 3. The fourth-order valence-corrected chi connectivity index (χ4v) is 3.21. The van der Waals surface area contributed by atoms with Crippen LogP contribution in [0.5, 0.6) is 0 Å². The van der Waals surface area contributed by atoms with E-state index in [1.165, 1.54) is 22.3 Å². The van der Waals surface area contributed by atoms with Crippen LogP contribution in [0.1, 0.15) is 34.7 Å². The van der Waals surface area contributed by atoms with Crippen molar-refractivity contribution in [3.63, 3.8) is 0 Å². The van der Waals surface area contributed by atoms with Crippen molar-refractivity contribution in [3.8, 4) is 6.07 Å². The number of nitriles is 1. The van der Waals surface area contributed by atoms with Gasteiger partial charge in [0, 0.05) is 32.2 Å². The third kappa shape index (κ3) is 4.86. The molecule has 1 N–H and O–H groups in total. The molecule has 1 aromatic carbocycles. The Kier molecular flexibility index (Phi) is 8.92. The highest BCUT2D eigenvalue weighted by molar-refractivity contribution is 5.85. The first-order chi connectivity index (χ1) is 9.13. The van der Waals surface area contributed by atoms with Gasteiger partial charge in [-0.3, -0.25) is 4.90 Å². The molecule has 0 unspecified atom stereocenters. The van der Waals surface area contributed by atoms with E-state index in [1.54, 1.807) is 0 Å². The molecule has 1 heterocycles. The van der Waals surface area contributed by atoms with Gasteiger partial charge in [-0.2, -0.15) is 5.26 Å². The number of hydrogen-bond acceptors (Lipinski definition) is 3. The molecule has 0 aliphatic carbocycles. The summed E-state index contributed by atoms with van der Waals surface area (Å²) in [5.74, 6) is 0. The van der Waals surface area contributed by atoms with Crippen molar-refractivity contribution in [1.29, 1.82) is 5.26 Å². The molecule has 0 aromatic heterocycles. The molecule has 1 aliphatic heterocycles. The number of benzene rings is 1. The summed E-state index contributed by atoms with van der Waals surface area (Å²) < 4.78 is 0. The lowest BCUT2D eigenvalue weighted by Gasteiger charge is -2.35. The molecular weight excluding hydrogens is 305 g/mol. The zero-order valence-electron chi connectivity index (χ0n) is 13.0. The Morgan fingerprint density at radius 2 is 1.67 bits per heavy atom. The minimum absolute atomic E-state index is 0. The van der Waals surface area contributed by atoms with E-state index in [9.17, 15) is 5.26 Å². The number of rotatable bonds is 3. The van der Waals surface area contributed by atoms with Crippen molar-refractivity contribution in [2.24, 2.45) is 0 Å². The summed E-state index contributed by atoms with van der Waals surface area (Å²) in [5.41, 5.74) is 5.29. The van der Waals surface area contributed by atoms with Gasteiger partial charge in [-0.1, -0.05) is 17.7 Å². The van der Waals surface area contributed by atoms with Crippen molar-refractivity contribution in [3.05, 3.63) is 34.4 Å². The van der Waals surface area contributed by atoms with E-state index in [0.717, 1.165) is 26.2 Å². The summed E-state index contributed by atoms with van der Waals surface area (Å²) in [6.07, 6.45) is 0.574. The van der Waals surface area contributed by atoms with E-state index in [2.05, 4.69) is 49.2 Å². The van der Waals surface area contributed by atoms with E-state index >= 15 is 0 Å². The molecular formula is C16H25Cl2N3. The molecule has 1 saturated heterocycles. The normalized spacial score (nSPS) is 16.3. The first-order valence-corrected chi connectivity index (χ1v) is 7.03. The molecule has 2 rings (SSSR count). The Morgan fingerprint density at radius 3 is 2.14 bits per heavy atom. The van der Waals surface area contributed by atoms with Crippen LogP contribution in [0.4, 0.5) is 0 Å². The van der Waals surface area contributed by atoms with Crippen LogP contribution in [0, 0.1) is 32.1 Å². The number of hydrogen-bond donors (Lipinski definition) is 1. The fourth-order valence-electron chi connectivity index (χ4n) is 3.21. The van der Waals surface area contributed by atoms with Crippen molar-refractivity contribution in [2.45, 2.75) is 33.2 Å². The summed E-state index contributed by atoms with van der Waals surface area (Å²) in [6.45, 7) is 10.6. The monoisotopic (exact) mass is 329 g/mol. The molecule has 1 atom stereocenters. The third-order valence-corrected chi connectivity index (χ3v) is 3.95. The molecule has 0 amide bonds. The van der Waals surface area contributed by atoms with Crippen LogP contribution < -0.4 is 5.32 Å². The highest BCUT2D eigenvalue weighted by Crippen LogP contribution is 2.30. The molecule has 0 bridgehead atoms. The number of nitrogens with zero attached hydrogens (tertiary/aromatic N) is 2. The zero-order valence-corrected chi connectivity index (χ0v) is 14.6. The van der Waals surface area contributed by atoms with Crippen LogP contribution in [-0.4, -0.2) is 31.1 Å². The molecule has 21 heavy (non-hydrogen) atoms. The van der Waals surface area contributed by atoms with Gasteiger partial charge in [-0.25, -0.2) is 0 Å². The predicted molar refractivity (Wildman–Crippen MR) is 92.6 cm³/mol. The Hall–Kier alpha value is -0.790. The van der Waals surface area contributed by atoms with Crippen molar-refractivity contribution >= 4 is 24.8 Å². The third-order valence-electron chi connectivity index (χ3n) is 3.95. The maximum absolute atomic E-state index is 9.17. The van der Waals surface area contributed by atoms with Crippen LogP contribution >= 0.6 is 24.8 Å². The second kappa shape index (κ2) is 9.27. The van der Waals surface area contributed by atoms with E-state index in [0.29, 0.717) is 6.42 Å². The average Bonchev–Trinajstić information content (AvgIpc) is 2.37. The second-order valence-electron chi connectivity index (χ2n) is 5.48. The minimum Gasteiger partial charge on any atom is -0.314 e. The molecule has 0 saturated carbocycles. The Labute approximate surface area is 140 Å². The van der Waals surface area contributed by atoms with Gasteiger partial charge in [0.2, 0.25) is 0 Å². The van der Waals surface area contributed by atoms with Crippen LogP contribution in [-0.2, 0) is 0 Å². The van der Waals surface area contributed by atoms with Gasteiger partial charge in [0.25, 0.3) is 0 Å². The average molecular weight is 330 g/mol. The number of halogens is 2. The lowest BCUT2D eigenvalue weighted by Crippen LogP contribution is -2.45. The van der Waals surface area contributed by atoms with E-state index < -0.39 is 0 Å². The largest absolute Gasteiger partial charge is 0.314 e. The highest BCUT2D eigenvalue weighted by Gasteiger charge is 2.24. The maximum atomic E-state index is 9.17. The summed E-state index contributed by atoms with van der Waals surface area (Å²) in [7, 11) is 0. The molecule has 0 radical (unpaired) electrons. The van der Waals surface area contributed by atoms with Crippen LogP contribution in [0.2, 0.25) is 0 Å². The van der Waals surface area contributed by atoms with Gasteiger partial charge in [-0.15, -0.1) is 24.8 Å². The van der Waals surface area contributed by atoms with Gasteiger partial charge in [0.05, 0.1) is 12.5 Å². The molecule has 5 heteroatoms. The summed E-state index contributed by atoms with van der Waals surface area (Å²) in [6, 6.07) is 7.08. The Morgan fingerprint density at radius 1 is 1.14 bits per heavy atom. The second-order valence-corrected chi connectivity index (χ2v) is 5.48. The topological polar surface area (TPSA) is 39.1 Å². The molecule has 1 fully saturated rings. The van der Waals surface area contributed by atoms with Gasteiger partial charge < -0.3 is 5.32 Å². The summed E-state index contributed by atoms with van der Waals surface area (Å²) in [4.78, 5) is 2.45. The molecule has 118 valence electrons. The molecule has 0 spiro atoms. The molecule has 1 aliphatic rings. The zero-order chi connectivity index (χ0) is 13.8. The smallest absolute Gasteiger partial charge is 0.0641 e. The quantitative estimate of drug-likeness (QED) is 0.924. The van der Waals surface area contributed by atoms with Crippen molar-refractivity contribution in [2.75, 3.05) is 26.2 Å². The van der Waals surface area contributed by atoms with Crippen molar-refractivity contribution in [1.82, 2.24) is 10.2 Å². The predicted octanol–water partition coefficient (Wildman–Crippen LogP) is 3.32.